The van der Waals surface area contributed by atoms with Crippen LogP contribution in [0.1, 0.15) is 10.5 Å². The van der Waals surface area contributed by atoms with Crippen molar-refractivity contribution in [2.24, 2.45) is 0 Å². The SMILES string of the molecule is O=Cc1cnc2n1C=C[SiH2]2. The standard InChI is InChI=1S/C6H6N2OSi/c9-4-5-3-7-6-8(5)1-2-10-6/h1-4H,10H2. The molecule has 0 aliphatic carbocycles. The van der Waals surface area contributed by atoms with E-state index in [1.807, 2.05) is 10.8 Å². The molecule has 3 nitrogen and oxygen atoms in total. The summed E-state index contributed by atoms with van der Waals surface area (Å²) in [5.41, 5.74) is 3.87. The van der Waals surface area contributed by atoms with Crippen LogP contribution in [0.2, 0.25) is 0 Å². The molecule has 10 heavy (non-hydrogen) atoms. The lowest BCUT2D eigenvalue weighted by Gasteiger charge is -1.91. The predicted molar refractivity (Wildman–Crippen MR) is 41.1 cm³/mol. The Hall–Kier alpha value is -1.16. The zero-order chi connectivity index (χ0) is 6.97. The minimum Gasteiger partial charge on any atom is -0.306 e. The van der Waals surface area contributed by atoms with E-state index in [2.05, 4.69) is 10.7 Å². The van der Waals surface area contributed by atoms with Gasteiger partial charge in [-0.25, -0.2) is 4.98 Å². The van der Waals surface area contributed by atoms with Gasteiger partial charge in [-0.15, -0.1) is 0 Å². The van der Waals surface area contributed by atoms with E-state index in [0.29, 0.717) is 5.69 Å². The Bertz CT molecular complexity index is 303. The fourth-order valence-electron chi connectivity index (χ4n) is 1.09. The highest BCUT2D eigenvalue weighted by molar-refractivity contribution is 6.59. The number of hydrogen-bond acceptors (Lipinski definition) is 2. The van der Waals surface area contributed by atoms with Crippen molar-refractivity contribution in [3.8, 4) is 0 Å². The number of nitrogens with zero attached hydrogens (tertiary/aromatic N) is 2. The van der Waals surface area contributed by atoms with Gasteiger partial charge in [0.05, 0.1) is 11.6 Å². The summed E-state index contributed by atoms with van der Waals surface area (Å²) in [6.07, 6.45) is 4.39. The Morgan fingerprint density at radius 3 is 3.40 bits per heavy atom. The summed E-state index contributed by atoms with van der Waals surface area (Å²) >= 11 is 0. The molecule has 0 aromatic carbocycles. The summed E-state index contributed by atoms with van der Waals surface area (Å²) in [4.78, 5) is 14.4. The molecule has 2 heterocycles. The van der Waals surface area contributed by atoms with Crippen LogP contribution in [0.15, 0.2) is 11.9 Å². The summed E-state index contributed by atoms with van der Waals surface area (Å²) in [6.45, 7) is 0. The van der Waals surface area contributed by atoms with Crippen LogP contribution >= 0.6 is 0 Å². The van der Waals surface area contributed by atoms with Crippen LogP contribution in [-0.2, 0) is 0 Å². The third kappa shape index (κ3) is 0.592. The van der Waals surface area contributed by atoms with Gasteiger partial charge in [-0.3, -0.25) is 4.79 Å². The van der Waals surface area contributed by atoms with Gasteiger partial charge in [0.15, 0.2) is 6.29 Å². The van der Waals surface area contributed by atoms with E-state index in [1.54, 1.807) is 6.20 Å². The van der Waals surface area contributed by atoms with Crippen molar-refractivity contribution in [3.05, 3.63) is 17.6 Å². The molecular formula is C6H6N2OSi. The average Bonchev–Trinajstić information content (AvgIpc) is 2.44. The largest absolute Gasteiger partial charge is 0.306 e. The monoisotopic (exact) mass is 150 g/mol. The Labute approximate surface area is 60.2 Å². The Morgan fingerprint density at radius 1 is 1.70 bits per heavy atom. The van der Waals surface area contributed by atoms with Crippen LogP contribution in [0.5, 0.6) is 0 Å². The highest BCUT2D eigenvalue weighted by Gasteiger charge is 2.09. The zero-order valence-corrected chi connectivity index (χ0v) is 6.73. The average molecular weight is 150 g/mol. The van der Waals surface area contributed by atoms with Gasteiger partial charge in [-0.2, -0.15) is 0 Å². The van der Waals surface area contributed by atoms with Crippen molar-refractivity contribution in [1.82, 2.24) is 9.55 Å². The summed E-state index contributed by atoms with van der Waals surface area (Å²) in [7, 11) is -0.285. The minimum absolute atomic E-state index is 0.285. The lowest BCUT2D eigenvalue weighted by Crippen LogP contribution is -2.17. The smallest absolute Gasteiger partial charge is 0.168 e. The van der Waals surface area contributed by atoms with Crippen molar-refractivity contribution < 1.29 is 4.79 Å². The molecule has 1 aliphatic heterocycles. The van der Waals surface area contributed by atoms with E-state index in [9.17, 15) is 4.79 Å². The first-order valence-corrected chi connectivity index (χ1v) is 4.62. The number of carbonyl (C=O) groups is 1. The van der Waals surface area contributed by atoms with Gasteiger partial charge in [0.2, 0.25) is 0 Å². The maximum absolute atomic E-state index is 10.3. The Morgan fingerprint density at radius 2 is 2.60 bits per heavy atom. The molecule has 0 fully saturated rings. The van der Waals surface area contributed by atoms with Crippen molar-refractivity contribution >= 4 is 27.5 Å². The molecule has 0 saturated carbocycles. The summed E-state index contributed by atoms with van der Waals surface area (Å²) in [5.74, 6) is 0. The number of carbonyl (C=O) groups excluding carboxylic acids is 1. The van der Waals surface area contributed by atoms with E-state index in [-0.39, 0.29) is 9.52 Å². The molecule has 0 N–H and O–H groups in total. The van der Waals surface area contributed by atoms with Crippen LogP contribution in [0, 0.1) is 0 Å². The molecule has 1 aromatic heterocycles. The normalized spacial score (nSPS) is 16.0. The molecule has 4 heteroatoms. The molecule has 0 bridgehead atoms. The molecule has 0 amide bonds. The zero-order valence-electron chi connectivity index (χ0n) is 5.32. The summed E-state index contributed by atoms with van der Waals surface area (Å²) in [6, 6.07) is 0. The van der Waals surface area contributed by atoms with Crippen LogP contribution < -0.4 is 5.45 Å². The molecular weight excluding hydrogens is 144 g/mol. The highest BCUT2D eigenvalue weighted by atomic mass is 28.2. The summed E-state index contributed by atoms with van der Waals surface area (Å²) < 4.78 is 1.86. The van der Waals surface area contributed by atoms with Crippen molar-refractivity contribution in [1.29, 1.82) is 0 Å². The first-order chi connectivity index (χ1) is 4.92. The molecule has 2 rings (SSSR count). The maximum Gasteiger partial charge on any atom is 0.168 e. The molecule has 0 saturated heterocycles. The molecule has 0 radical (unpaired) electrons. The van der Waals surface area contributed by atoms with Gasteiger partial charge in [-0.05, 0) is 0 Å². The molecule has 0 spiro atoms. The van der Waals surface area contributed by atoms with Gasteiger partial charge in [0.1, 0.15) is 15.2 Å². The second kappa shape index (κ2) is 1.91. The fourth-order valence-corrected chi connectivity index (χ4v) is 2.30. The minimum atomic E-state index is -0.285. The van der Waals surface area contributed by atoms with E-state index >= 15 is 0 Å². The first kappa shape index (κ1) is 5.61. The van der Waals surface area contributed by atoms with Gasteiger partial charge in [0.25, 0.3) is 0 Å². The Kier molecular flexibility index (Phi) is 1.07. The third-order valence-electron chi connectivity index (χ3n) is 1.58. The molecule has 0 atom stereocenters. The molecule has 1 aromatic rings. The first-order valence-electron chi connectivity index (χ1n) is 3.10. The van der Waals surface area contributed by atoms with Gasteiger partial charge in [0, 0.05) is 6.20 Å². The third-order valence-corrected chi connectivity index (χ3v) is 2.91. The van der Waals surface area contributed by atoms with Crippen molar-refractivity contribution in [3.63, 3.8) is 0 Å². The quantitative estimate of drug-likeness (QED) is 0.377. The topological polar surface area (TPSA) is 34.9 Å². The number of aromatic nitrogens is 2. The van der Waals surface area contributed by atoms with E-state index in [1.165, 1.54) is 0 Å². The van der Waals surface area contributed by atoms with E-state index < -0.39 is 0 Å². The highest BCUT2D eigenvalue weighted by Crippen LogP contribution is 1.98. The lowest BCUT2D eigenvalue weighted by atomic mass is 10.5. The van der Waals surface area contributed by atoms with Gasteiger partial charge in [-0.1, -0.05) is 5.70 Å². The number of imidazole rings is 1. The van der Waals surface area contributed by atoms with Crippen LogP contribution in [0.4, 0.5) is 0 Å². The van der Waals surface area contributed by atoms with Crippen LogP contribution in [0.25, 0.3) is 6.20 Å². The van der Waals surface area contributed by atoms with Crippen molar-refractivity contribution in [2.75, 3.05) is 0 Å². The van der Waals surface area contributed by atoms with Crippen LogP contribution in [-0.4, -0.2) is 25.4 Å². The van der Waals surface area contributed by atoms with Crippen molar-refractivity contribution in [2.45, 2.75) is 0 Å². The summed E-state index contributed by atoms with van der Waals surface area (Å²) in [5, 5.41) is 0. The number of fused-ring (bicyclic) bond motifs is 1. The number of rotatable bonds is 1. The number of aldehydes is 1. The second-order valence-corrected chi connectivity index (χ2v) is 3.69. The fraction of sp³-hybridized carbons (Fsp3) is 0. The lowest BCUT2D eigenvalue weighted by molar-refractivity contribution is 0.111. The molecule has 50 valence electrons. The predicted octanol–water partition coefficient (Wildman–Crippen LogP) is -1.07. The Balaban J connectivity index is 2.63. The van der Waals surface area contributed by atoms with Gasteiger partial charge >= 0.3 is 0 Å². The van der Waals surface area contributed by atoms with Crippen LogP contribution in [0.3, 0.4) is 0 Å². The second-order valence-electron chi connectivity index (χ2n) is 2.18. The molecule has 0 unspecified atom stereocenters. The van der Waals surface area contributed by atoms with E-state index in [0.717, 1.165) is 11.7 Å². The number of hydrogen-bond donors (Lipinski definition) is 0. The molecule has 1 aliphatic rings. The maximum atomic E-state index is 10.3. The van der Waals surface area contributed by atoms with E-state index in [4.69, 9.17) is 0 Å². The van der Waals surface area contributed by atoms with Gasteiger partial charge < -0.3 is 4.57 Å².